The topological polar surface area (TPSA) is 42.4 Å². The predicted molar refractivity (Wildman–Crippen MR) is 96.2 cm³/mol. The molecule has 3 aliphatic rings. The molecule has 5 rings (SSSR count). The van der Waals surface area contributed by atoms with Crippen LogP contribution in [0.25, 0.3) is 0 Å². The van der Waals surface area contributed by atoms with Gasteiger partial charge >= 0.3 is 5.97 Å². The van der Waals surface area contributed by atoms with E-state index >= 15 is 0 Å². The molecular weight excluding hydrogens is 312 g/mol. The number of aromatic nitrogens is 1. The molecule has 0 amide bonds. The number of pyridine rings is 1. The number of esters is 1. The van der Waals surface area contributed by atoms with E-state index in [0.29, 0.717) is 12.3 Å². The van der Waals surface area contributed by atoms with E-state index in [1.165, 1.54) is 0 Å². The van der Waals surface area contributed by atoms with Gasteiger partial charge in [0, 0.05) is 24.9 Å². The largest absolute Gasteiger partial charge is 0.460 e. The van der Waals surface area contributed by atoms with Crippen molar-refractivity contribution in [1.82, 2.24) is 9.88 Å². The molecule has 25 heavy (non-hydrogen) atoms. The summed E-state index contributed by atoms with van der Waals surface area (Å²) in [4.78, 5) is 19.8. The van der Waals surface area contributed by atoms with Crippen LogP contribution in [0.3, 0.4) is 0 Å². The Balaban J connectivity index is 1.52. The van der Waals surface area contributed by atoms with Gasteiger partial charge in [-0.25, -0.2) is 0 Å². The van der Waals surface area contributed by atoms with Gasteiger partial charge in [-0.1, -0.05) is 36.4 Å². The molecule has 3 fully saturated rings. The van der Waals surface area contributed by atoms with Crippen molar-refractivity contribution in [2.45, 2.75) is 31.3 Å². The molecule has 2 bridgehead atoms. The molecule has 1 unspecified atom stereocenters. The lowest BCUT2D eigenvalue weighted by Crippen LogP contribution is -2.52. The summed E-state index contributed by atoms with van der Waals surface area (Å²) in [6.07, 6.45) is 4.69. The number of piperidine rings is 3. The Morgan fingerprint density at radius 3 is 2.52 bits per heavy atom. The van der Waals surface area contributed by atoms with E-state index in [1.807, 2.05) is 48.5 Å². The quantitative estimate of drug-likeness (QED) is 0.787. The first-order chi connectivity index (χ1) is 12.3. The van der Waals surface area contributed by atoms with E-state index in [9.17, 15) is 4.79 Å². The van der Waals surface area contributed by atoms with Crippen LogP contribution in [0.15, 0.2) is 54.7 Å². The number of nitrogens with zero attached hydrogens (tertiary/aromatic N) is 2. The third-order valence-corrected chi connectivity index (χ3v) is 5.49. The van der Waals surface area contributed by atoms with Crippen LogP contribution in [-0.2, 0) is 16.0 Å². The molecule has 0 spiro atoms. The van der Waals surface area contributed by atoms with Gasteiger partial charge in [-0.2, -0.15) is 0 Å². The normalized spacial score (nSPS) is 26.2. The van der Waals surface area contributed by atoms with Gasteiger partial charge in [-0.3, -0.25) is 14.7 Å². The molecule has 3 saturated heterocycles. The Morgan fingerprint density at radius 2 is 1.88 bits per heavy atom. The lowest BCUT2D eigenvalue weighted by atomic mass is 9.85. The summed E-state index contributed by atoms with van der Waals surface area (Å²) in [5.41, 5.74) is 1.92. The molecular formula is C21H24N2O2. The first-order valence-electron chi connectivity index (χ1n) is 9.17. The van der Waals surface area contributed by atoms with Crippen LogP contribution in [0.1, 0.15) is 30.0 Å². The Hall–Kier alpha value is -2.20. The fourth-order valence-electron chi connectivity index (χ4n) is 4.03. The smallest absolute Gasteiger partial charge is 0.314 e. The van der Waals surface area contributed by atoms with Gasteiger partial charge in [-0.15, -0.1) is 0 Å². The van der Waals surface area contributed by atoms with Crippen LogP contribution in [0.4, 0.5) is 0 Å². The summed E-state index contributed by atoms with van der Waals surface area (Å²) in [7, 11) is 0. The van der Waals surface area contributed by atoms with Crippen molar-refractivity contribution in [1.29, 1.82) is 0 Å². The minimum Gasteiger partial charge on any atom is -0.460 e. The monoisotopic (exact) mass is 336 g/mol. The molecule has 3 aliphatic heterocycles. The van der Waals surface area contributed by atoms with Crippen LogP contribution in [0.5, 0.6) is 0 Å². The van der Waals surface area contributed by atoms with E-state index in [2.05, 4.69) is 9.88 Å². The third-order valence-electron chi connectivity index (χ3n) is 5.49. The van der Waals surface area contributed by atoms with Crippen molar-refractivity contribution in [3.63, 3.8) is 0 Å². The number of rotatable bonds is 5. The van der Waals surface area contributed by atoms with Crippen molar-refractivity contribution in [2.24, 2.45) is 5.92 Å². The van der Waals surface area contributed by atoms with E-state index in [-0.39, 0.29) is 18.0 Å². The Kier molecular flexibility index (Phi) is 4.79. The van der Waals surface area contributed by atoms with Crippen LogP contribution in [0, 0.1) is 5.92 Å². The van der Waals surface area contributed by atoms with Crippen molar-refractivity contribution < 1.29 is 9.53 Å². The molecule has 2 aromatic rings. The molecule has 4 heterocycles. The van der Waals surface area contributed by atoms with Crippen LogP contribution < -0.4 is 0 Å². The summed E-state index contributed by atoms with van der Waals surface area (Å²) in [5.74, 6) is 0.113. The van der Waals surface area contributed by atoms with Crippen LogP contribution in [-0.4, -0.2) is 41.6 Å². The van der Waals surface area contributed by atoms with E-state index in [1.54, 1.807) is 6.20 Å². The van der Waals surface area contributed by atoms with Crippen molar-refractivity contribution >= 4 is 5.97 Å². The number of hydrogen-bond acceptors (Lipinski definition) is 4. The number of fused-ring (bicyclic) bond motifs is 3. The molecule has 1 aromatic carbocycles. The Bertz CT molecular complexity index is 696. The first kappa shape index (κ1) is 16.3. The molecule has 0 aliphatic carbocycles. The second-order valence-corrected chi connectivity index (χ2v) is 7.10. The zero-order valence-electron chi connectivity index (χ0n) is 14.4. The molecule has 2 atom stereocenters. The first-order valence-corrected chi connectivity index (χ1v) is 9.17. The van der Waals surface area contributed by atoms with Crippen LogP contribution >= 0.6 is 0 Å². The fourth-order valence-corrected chi connectivity index (χ4v) is 4.03. The van der Waals surface area contributed by atoms with Crippen molar-refractivity contribution in [2.75, 3.05) is 19.6 Å². The molecule has 4 nitrogen and oxygen atoms in total. The molecule has 0 N–H and O–H groups in total. The Labute approximate surface area is 148 Å². The Morgan fingerprint density at radius 1 is 1.12 bits per heavy atom. The summed E-state index contributed by atoms with van der Waals surface area (Å²) in [5, 5.41) is 0. The summed E-state index contributed by atoms with van der Waals surface area (Å²) >= 11 is 0. The highest BCUT2D eigenvalue weighted by molar-refractivity contribution is 5.78. The maximum Gasteiger partial charge on any atom is 0.314 e. The zero-order chi connectivity index (χ0) is 17.1. The average molecular weight is 336 g/mol. The number of benzene rings is 1. The second kappa shape index (κ2) is 7.36. The summed E-state index contributed by atoms with van der Waals surface area (Å²) < 4.78 is 6.01. The molecule has 130 valence electrons. The number of carbonyl (C=O) groups is 1. The SMILES string of the molecule is O=C(O[C@H]1CN2CCC1CC2)C(Cc1ccccn1)c1ccccc1. The predicted octanol–water partition coefficient (Wildman–Crippen LogP) is 3.05. The maximum atomic E-state index is 13.0. The maximum absolute atomic E-state index is 13.0. The van der Waals surface area contributed by atoms with Gasteiger partial charge in [0.1, 0.15) is 6.10 Å². The molecule has 4 heteroatoms. The van der Waals surface area contributed by atoms with Crippen molar-refractivity contribution in [3.05, 3.63) is 66.0 Å². The van der Waals surface area contributed by atoms with E-state index in [4.69, 9.17) is 4.74 Å². The van der Waals surface area contributed by atoms with Gasteiger partial charge in [0.2, 0.25) is 0 Å². The molecule has 0 saturated carbocycles. The highest BCUT2D eigenvalue weighted by Gasteiger charge is 2.37. The van der Waals surface area contributed by atoms with Crippen molar-refractivity contribution in [3.8, 4) is 0 Å². The lowest BCUT2D eigenvalue weighted by Gasteiger charge is -2.44. The number of ether oxygens (including phenoxy) is 1. The highest BCUT2D eigenvalue weighted by atomic mass is 16.5. The second-order valence-electron chi connectivity index (χ2n) is 7.10. The fraction of sp³-hybridized carbons (Fsp3) is 0.429. The lowest BCUT2D eigenvalue weighted by molar-refractivity contribution is -0.160. The van der Waals surface area contributed by atoms with E-state index in [0.717, 1.165) is 43.7 Å². The number of hydrogen-bond donors (Lipinski definition) is 0. The molecule has 1 aromatic heterocycles. The van der Waals surface area contributed by atoms with Gasteiger partial charge < -0.3 is 4.74 Å². The van der Waals surface area contributed by atoms with E-state index < -0.39 is 0 Å². The zero-order valence-corrected chi connectivity index (χ0v) is 14.4. The number of carbonyl (C=O) groups excluding carboxylic acids is 1. The minimum absolute atomic E-state index is 0.0462. The summed E-state index contributed by atoms with van der Waals surface area (Å²) in [6, 6.07) is 15.8. The van der Waals surface area contributed by atoms with Gasteiger partial charge in [0.05, 0.1) is 5.92 Å². The highest BCUT2D eigenvalue weighted by Crippen LogP contribution is 2.31. The average Bonchev–Trinajstić information content (AvgIpc) is 2.68. The summed E-state index contributed by atoms with van der Waals surface area (Å²) in [6.45, 7) is 3.19. The standard InChI is InChI=1S/C21H24N2O2/c24-21(25-20-15-23-12-9-17(20)10-13-23)19(16-6-2-1-3-7-16)14-18-8-4-5-11-22-18/h1-8,11,17,19-20H,9-10,12-15H2/t19?,20-/m0/s1. The minimum atomic E-state index is -0.299. The van der Waals surface area contributed by atoms with Gasteiger partial charge in [0.25, 0.3) is 0 Å². The third kappa shape index (κ3) is 3.74. The van der Waals surface area contributed by atoms with Gasteiger partial charge in [-0.05, 0) is 49.5 Å². The van der Waals surface area contributed by atoms with Gasteiger partial charge in [0.15, 0.2) is 0 Å². The van der Waals surface area contributed by atoms with Crippen LogP contribution in [0.2, 0.25) is 0 Å². The molecule has 0 radical (unpaired) electrons.